The number of hydrogen-bond donors (Lipinski definition) is 2. The first-order valence-corrected chi connectivity index (χ1v) is 10.7. The van der Waals surface area contributed by atoms with E-state index >= 15 is 0 Å². The predicted molar refractivity (Wildman–Crippen MR) is 108 cm³/mol. The molecule has 0 bridgehead atoms. The van der Waals surface area contributed by atoms with Crippen LogP contribution in [0, 0.1) is 12.7 Å². The molecule has 2 N–H and O–H groups in total. The van der Waals surface area contributed by atoms with Crippen LogP contribution in [0.4, 0.5) is 4.39 Å². The molecular weight excluding hydrogens is 365 g/mol. The Bertz CT molecular complexity index is 868. The largest absolute Gasteiger partial charge is 0.356 e. The number of rotatable bonds is 8. The van der Waals surface area contributed by atoms with Crippen LogP contribution in [-0.2, 0) is 22.1 Å². The van der Waals surface area contributed by atoms with Gasteiger partial charge in [-0.25, -0.2) is 12.8 Å². The molecule has 0 atom stereocenters. The molecule has 27 heavy (non-hydrogen) atoms. The van der Waals surface area contributed by atoms with E-state index in [1.807, 2.05) is 30.3 Å². The third kappa shape index (κ3) is 7.38. The Morgan fingerprint density at radius 2 is 1.81 bits per heavy atom. The Labute approximate surface area is 160 Å². The summed E-state index contributed by atoms with van der Waals surface area (Å²) < 4.78 is 37.7. The fraction of sp³-hybridized carbons (Fsp3) is 0.350. The second kappa shape index (κ2) is 10.1. The van der Waals surface area contributed by atoms with Gasteiger partial charge in [-0.3, -0.25) is 4.99 Å². The molecule has 0 aromatic heterocycles. The van der Waals surface area contributed by atoms with E-state index in [1.165, 1.54) is 6.07 Å². The molecule has 0 unspecified atom stereocenters. The molecule has 0 saturated carbocycles. The van der Waals surface area contributed by atoms with Crippen molar-refractivity contribution < 1.29 is 12.8 Å². The molecule has 2 rings (SSSR count). The third-order valence-corrected chi connectivity index (χ3v) is 5.74. The quantitative estimate of drug-likeness (QED) is 0.412. The van der Waals surface area contributed by atoms with E-state index in [-0.39, 0.29) is 17.3 Å². The van der Waals surface area contributed by atoms with Crippen LogP contribution in [-0.4, -0.2) is 33.7 Å². The highest BCUT2D eigenvalue weighted by molar-refractivity contribution is 7.90. The fourth-order valence-electron chi connectivity index (χ4n) is 2.62. The van der Waals surface area contributed by atoms with E-state index in [9.17, 15) is 12.8 Å². The van der Waals surface area contributed by atoms with Gasteiger partial charge >= 0.3 is 0 Å². The molecule has 0 saturated heterocycles. The van der Waals surface area contributed by atoms with Gasteiger partial charge in [-0.2, -0.15) is 0 Å². The lowest BCUT2D eigenvalue weighted by molar-refractivity contribution is 0.591. The number of halogens is 1. The maximum atomic E-state index is 13.3. The Balaban J connectivity index is 1.73. The van der Waals surface area contributed by atoms with Crippen molar-refractivity contribution in [3.8, 4) is 0 Å². The third-order valence-electron chi connectivity index (χ3n) is 4.06. The van der Waals surface area contributed by atoms with Gasteiger partial charge in [0.1, 0.15) is 5.82 Å². The molecule has 0 aliphatic heterocycles. The van der Waals surface area contributed by atoms with Gasteiger partial charge in [0, 0.05) is 20.1 Å². The predicted octanol–water partition coefficient (Wildman–Crippen LogP) is 2.80. The topological polar surface area (TPSA) is 70.6 Å². The molecule has 2 aromatic carbocycles. The van der Waals surface area contributed by atoms with Crippen molar-refractivity contribution in [3.05, 3.63) is 71.0 Å². The minimum Gasteiger partial charge on any atom is -0.356 e. The second-order valence-electron chi connectivity index (χ2n) is 6.37. The van der Waals surface area contributed by atoms with Crippen LogP contribution < -0.4 is 10.6 Å². The molecule has 2 aromatic rings. The van der Waals surface area contributed by atoms with Gasteiger partial charge in [-0.15, -0.1) is 0 Å². The Hall–Kier alpha value is -2.41. The van der Waals surface area contributed by atoms with Crippen molar-refractivity contribution in [1.82, 2.24) is 10.6 Å². The summed E-state index contributed by atoms with van der Waals surface area (Å²) in [4.78, 5) is 4.12. The zero-order valence-electron chi connectivity index (χ0n) is 15.7. The number of guanidine groups is 1. The van der Waals surface area contributed by atoms with Crippen molar-refractivity contribution in [2.45, 2.75) is 25.6 Å². The number of hydrogen-bond acceptors (Lipinski definition) is 3. The first kappa shape index (κ1) is 20.9. The summed E-state index contributed by atoms with van der Waals surface area (Å²) in [5, 5.41) is 6.24. The SMILES string of the molecule is CN=C(NCCCS(=O)(=O)Cc1ccccc1)NCc1ccc(F)c(C)c1. The Morgan fingerprint density at radius 3 is 2.48 bits per heavy atom. The highest BCUT2D eigenvalue weighted by Crippen LogP contribution is 2.09. The molecule has 0 aliphatic carbocycles. The summed E-state index contributed by atoms with van der Waals surface area (Å²) in [7, 11) is -1.49. The number of nitrogens with one attached hydrogen (secondary N) is 2. The van der Waals surface area contributed by atoms with E-state index < -0.39 is 9.84 Å². The lowest BCUT2D eigenvalue weighted by Gasteiger charge is -2.12. The molecule has 0 spiro atoms. The van der Waals surface area contributed by atoms with Gasteiger partial charge in [0.2, 0.25) is 0 Å². The normalized spacial score (nSPS) is 12.0. The molecule has 0 radical (unpaired) electrons. The molecule has 7 heteroatoms. The van der Waals surface area contributed by atoms with Gasteiger partial charge in [-0.1, -0.05) is 42.5 Å². The van der Waals surface area contributed by atoms with Crippen molar-refractivity contribution in [2.75, 3.05) is 19.3 Å². The summed E-state index contributed by atoms with van der Waals surface area (Å²) in [5.74, 6) is 0.531. The van der Waals surface area contributed by atoms with E-state index in [0.29, 0.717) is 31.0 Å². The lowest BCUT2D eigenvalue weighted by Crippen LogP contribution is -2.37. The van der Waals surface area contributed by atoms with Crippen LogP contribution in [0.5, 0.6) is 0 Å². The lowest BCUT2D eigenvalue weighted by atomic mass is 10.1. The smallest absolute Gasteiger partial charge is 0.191 e. The van der Waals surface area contributed by atoms with Crippen molar-refractivity contribution in [2.24, 2.45) is 4.99 Å². The monoisotopic (exact) mass is 391 g/mol. The van der Waals surface area contributed by atoms with Crippen molar-refractivity contribution in [1.29, 1.82) is 0 Å². The number of aryl methyl sites for hydroxylation is 1. The highest BCUT2D eigenvalue weighted by atomic mass is 32.2. The summed E-state index contributed by atoms with van der Waals surface area (Å²) in [5.41, 5.74) is 2.35. The van der Waals surface area contributed by atoms with Crippen molar-refractivity contribution >= 4 is 15.8 Å². The average molecular weight is 392 g/mol. The molecule has 146 valence electrons. The first-order valence-electron chi connectivity index (χ1n) is 8.83. The minimum atomic E-state index is -3.14. The number of sulfone groups is 1. The number of benzene rings is 2. The zero-order valence-corrected chi connectivity index (χ0v) is 16.5. The fourth-order valence-corrected chi connectivity index (χ4v) is 4.05. The van der Waals surface area contributed by atoms with E-state index in [2.05, 4.69) is 15.6 Å². The van der Waals surface area contributed by atoms with Crippen LogP contribution >= 0.6 is 0 Å². The molecule has 0 amide bonds. The van der Waals surface area contributed by atoms with Gasteiger partial charge in [-0.05, 0) is 36.1 Å². The summed E-state index contributed by atoms with van der Waals surface area (Å²) in [6, 6.07) is 14.1. The second-order valence-corrected chi connectivity index (χ2v) is 8.55. The Kier molecular flexibility index (Phi) is 7.79. The number of nitrogens with zero attached hydrogens (tertiary/aromatic N) is 1. The summed E-state index contributed by atoms with van der Waals surface area (Å²) >= 11 is 0. The van der Waals surface area contributed by atoms with E-state index in [1.54, 1.807) is 26.1 Å². The maximum absolute atomic E-state index is 13.3. The Morgan fingerprint density at radius 1 is 1.07 bits per heavy atom. The van der Waals surface area contributed by atoms with Crippen LogP contribution in [0.25, 0.3) is 0 Å². The van der Waals surface area contributed by atoms with E-state index in [0.717, 1.165) is 11.1 Å². The summed E-state index contributed by atoms with van der Waals surface area (Å²) in [6.07, 6.45) is 0.492. The zero-order chi connectivity index (χ0) is 19.7. The molecular formula is C20H26FN3O2S. The molecule has 0 heterocycles. The van der Waals surface area contributed by atoms with Crippen LogP contribution in [0.1, 0.15) is 23.1 Å². The van der Waals surface area contributed by atoms with Crippen LogP contribution in [0.2, 0.25) is 0 Å². The molecule has 0 fully saturated rings. The number of aliphatic imine (C=N–C) groups is 1. The molecule has 0 aliphatic rings. The van der Waals surface area contributed by atoms with Crippen LogP contribution in [0.3, 0.4) is 0 Å². The summed E-state index contributed by atoms with van der Waals surface area (Å²) in [6.45, 7) is 2.73. The van der Waals surface area contributed by atoms with Gasteiger partial charge in [0.15, 0.2) is 15.8 Å². The van der Waals surface area contributed by atoms with Gasteiger partial charge in [0.05, 0.1) is 11.5 Å². The van der Waals surface area contributed by atoms with E-state index in [4.69, 9.17) is 0 Å². The minimum absolute atomic E-state index is 0.0603. The van der Waals surface area contributed by atoms with Crippen LogP contribution in [0.15, 0.2) is 53.5 Å². The average Bonchev–Trinajstić information content (AvgIpc) is 2.64. The maximum Gasteiger partial charge on any atom is 0.191 e. The van der Waals surface area contributed by atoms with Gasteiger partial charge < -0.3 is 10.6 Å². The van der Waals surface area contributed by atoms with Gasteiger partial charge in [0.25, 0.3) is 0 Å². The first-order chi connectivity index (χ1) is 12.9. The highest BCUT2D eigenvalue weighted by Gasteiger charge is 2.11. The molecule has 5 nitrogen and oxygen atoms in total. The standard InChI is InChI=1S/C20H26FN3O2S/c1-16-13-18(9-10-19(16)21)14-24-20(22-2)23-11-6-12-27(25,26)15-17-7-4-3-5-8-17/h3-5,7-10,13H,6,11-12,14-15H2,1-2H3,(H2,22,23,24). The van der Waals surface area contributed by atoms with Crippen molar-refractivity contribution in [3.63, 3.8) is 0 Å².